The van der Waals surface area contributed by atoms with Gasteiger partial charge in [-0.15, -0.1) is 24.8 Å². The van der Waals surface area contributed by atoms with Gasteiger partial charge in [0.05, 0.1) is 0 Å². The first-order chi connectivity index (χ1) is 6.92. The quantitative estimate of drug-likeness (QED) is 0.871. The Morgan fingerprint density at radius 3 is 1.94 bits per heavy atom. The lowest BCUT2D eigenvalue weighted by Crippen LogP contribution is -1.98. The second kappa shape index (κ2) is 7.29. The molecule has 0 fully saturated rings. The summed E-state index contributed by atoms with van der Waals surface area (Å²) in [6.07, 6.45) is 0. The SMILES string of the molecule is Cl.Cl.NCc1ccccc1-c1ccccc1. The first kappa shape index (κ1) is 15.0. The second-order valence-electron chi connectivity index (χ2n) is 3.23. The number of hydrogen-bond acceptors (Lipinski definition) is 1. The van der Waals surface area contributed by atoms with Crippen LogP contribution in [0.2, 0.25) is 0 Å². The number of halogens is 2. The molecule has 0 aromatic heterocycles. The van der Waals surface area contributed by atoms with Crippen LogP contribution < -0.4 is 5.73 Å². The maximum absolute atomic E-state index is 5.69. The molecule has 0 aliphatic rings. The van der Waals surface area contributed by atoms with Crippen LogP contribution in [0.3, 0.4) is 0 Å². The van der Waals surface area contributed by atoms with E-state index in [1.165, 1.54) is 16.7 Å². The molecule has 0 saturated carbocycles. The Morgan fingerprint density at radius 1 is 0.750 bits per heavy atom. The van der Waals surface area contributed by atoms with Gasteiger partial charge in [-0.1, -0.05) is 54.6 Å². The molecule has 2 rings (SSSR count). The summed E-state index contributed by atoms with van der Waals surface area (Å²) in [5.74, 6) is 0. The minimum atomic E-state index is 0. The van der Waals surface area contributed by atoms with Gasteiger partial charge in [-0.2, -0.15) is 0 Å². The summed E-state index contributed by atoms with van der Waals surface area (Å²) >= 11 is 0. The van der Waals surface area contributed by atoms with Crippen LogP contribution in [0.25, 0.3) is 11.1 Å². The van der Waals surface area contributed by atoms with Crippen molar-refractivity contribution in [2.24, 2.45) is 5.73 Å². The Hall–Kier alpha value is -1.02. The van der Waals surface area contributed by atoms with Crippen molar-refractivity contribution in [1.29, 1.82) is 0 Å². The summed E-state index contributed by atoms with van der Waals surface area (Å²) < 4.78 is 0. The van der Waals surface area contributed by atoms with Crippen molar-refractivity contribution in [2.45, 2.75) is 6.54 Å². The average molecular weight is 256 g/mol. The Bertz CT molecular complexity index is 415. The van der Waals surface area contributed by atoms with E-state index in [0.717, 1.165) is 0 Å². The van der Waals surface area contributed by atoms with Gasteiger partial charge in [0.2, 0.25) is 0 Å². The maximum Gasteiger partial charge on any atom is 0.0184 e. The van der Waals surface area contributed by atoms with Crippen LogP contribution in [-0.4, -0.2) is 0 Å². The largest absolute Gasteiger partial charge is 0.326 e. The van der Waals surface area contributed by atoms with Gasteiger partial charge in [0.25, 0.3) is 0 Å². The van der Waals surface area contributed by atoms with E-state index in [0.29, 0.717) is 6.54 Å². The van der Waals surface area contributed by atoms with Crippen LogP contribution in [-0.2, 0) is 6.54 Å². The predicted octanol–water partition coefficient (Wildman–Crippen LogP) is 3.66. The minimum absolute atomic E-state index is 0. The monoisotopic (exact) mass is 255 g/mol. The molecule has 2 aromatic carbocycles. The predicted molar refractivity (Wildman–Crippen MR) is 74.3 cm³/mol. The molecule has 0 saturated heterocycles. The highest BCUT2D eigenvalue weighted by Gasteiger charge is 2.00. The second-order valence-corrected chi connectivity index (χ2v) is 3.23. The van der Waals surface area contributed by atoms with Crippen LogP contribution in [0.4, 0.5) is 0 Å². The van der Waals surface area contributed by atoms with E-state index in [1.54, 1.807) is 0 Å². The van der Waals surface area contributed by atoms with Gasteiger partial charge in [-0.25, -0.2) is 0 Å². The maximum atomic E-state index is 5.69. The zero-order valence-electron chi connectivity index (χ0n) is 8.80. The zero-order valence-corrected chi connectivity index (χ0v) is 10.4. The molecule has 0 amide bonds. The number of rotatable bonds is 2. The van der Waals surface area contributed by atoms with E-state index in [1.807, 2.05) is 30.3 Å². The van der Waals surface area contributed by atoms with E-state index in [9.17, 15) is 0 Å². The van der Waals surface area contributed by atoms with Gasteiger partial charge in [0.15, 0.2) is 0 Å². The van der Waals surface area contributed by atoms with Crippen molar-refractivity contribution in [2.75, 3.05) is 0 Å². The van der Waals surface area contributed by atoms with Crippen LogP contribution in [0.1, 0.15) is 5.56 Å². The molecule has 3 heteroatoms. The summed E-state index contributed by atoms with van der Waals surface area (Å²) in [7, 11) is 0. The topological polar surface area (TPSA) is 26.0 Å². The third kappa shape index (κ3) is 3.24. The molecule has 0 spiro atoms. The molecule has 0 atom stereocenters. The Kier molecular flexibility index (Phi) is 6.82. The van der Waals surface area contributed by atoms with Crippen molar-refractivity contribution in [3.8, 4) is 11.1 Å². The zero-order chi connectivity index (χ0) is 9.80. The third-order valence-electron chi connectivity index (χ3n) is 2.32. The summed E-state index contributed by atoms with van der Waals surface area (Å²) in [6, 6.07) is 18.6. The first-order valence-corrected chi connectivity index (χ1v) is 4.75. The molecule has 0 aliphatic heterocycles. The van der Waals surface area contributed by atoms with Crippen molar-refractivity contribution < 1.29 is 0 Å². The lowest BCUT2D eigenvalue weighted by Gasteiger charge is -2.06. The van der Waals surface area contributed by atoms with Gasteiger partial charge in [-0.3, -0.25) is 0 Å². The lowest BCUT2D eigenvalue weighted by atomic mass is 10.00. The fraction of sp³-hybridized carbons (Fsp3) is 0.0769. The van der Waals surface area contributed by atoms with E-state index in [4.69, 9.17) is 5.73 Å². The first-order valence-electron chi connectivity index (χ1n) is 4.75. The highest BCUT2D eigenvalue weighted by molar-refractivity contribution is 5.85. The van der Waals surface area contributed by atoms with E-state index in [2.05, 4.69) is 24.3 Å². The molecule has 0 heterocycles. The minimum Gasteiger partial charge on any atom is -0.326 e. The van der Waals surface area contributed by atoms with Crippen molar-refractivity contribution >= 4 is 24.8 Å². The average Bonchev–Trinajstić information content (AvgIpc) is 2.30. The Morgan fingerprint density at radius 2 is 1.31 bits per heavy atom. The molecule has 2 aromatic rings. The summed E-state index contributed by atoms with van der Waals surface area (Å²) in [5, 5.41) is 0. The number of benzene rings is 2. The smallest absolute Gasteiger partial charge is 0.0184 e. The van der Waals surface area contributed by atoms with Gasteiger partial charge in [0, 0.05) is 6.54 Å². The molecule has 86 valence electrons. The third-order valence-corrected chi connectivity index (χ3v) is 2.32. The van der Waals surface area contributed by atoms with Crippen LogP contribution in [0.15, 0.2) is 54.6 Å². The van der Waals surface area contributed by atoms with E-state index < -0.39 is 0 Å². The highest BCUT2D eigenvalue weighted by Crippen LogP contribution is 2.22. The number of hydrogen-bond donors (Lipinski definition) is 1. The Labute approximate surface area is 108 Å². The fourth-order valence-electron chi connectivity index (χ4n) is 1.60. The molecule has 1 nitrogen and oxygen atoms in total. The molecular formula is C13H15Cl2N. The summed E-state index contributed by atoms with van der Waals surface area (Å²) in [6.45, 7) is 0.588. The molecule has 0 bridgehead atoms. The van der Waals surface area contributed by atoms with Gasteiger partial charge in [-0.05, 0) is 16.7 Å². The van der Waals surface area contributed by atoms with Crippen molar-refractivity contribution in [1.82, 2.24) is 0 Å². The highest BCUT2D eigenvalue weighted by atomic mass is 35.5. The molecular weight excluding hydrogens is 241 g/mol. The summed E-state index contributed by atoms with van der Waals surface area (Å²) in [4.78, 5) is 0. The molecule has 0 unspecified atom stereocenters. The normalized spacial score (nSPS) is 8.81. The standard InChI is InChI=1S/C13H13N.2ClH/c14-10-12-8-4-5-9-13(12)11-6-2-1-3-7-11;;/h1-9H,10,14H2;2*1H. The van der Waals surface area contributed by atoms with Crippen LogP contribution in [0, 0.1) is 0 Å². The van der Waals surface area contributed by atoms with E-state index >= 15 is 0 Å². The molecule has 16 heavy (non-hydrogen) atoms. The van der Waals surface area contributed by atoms with Crippen molar-refractivity contribution in [3.63, 3.8) is 0 Å². The number of nitrogens with two attached hydrogens (primary N) is 1. The fourth-order valence-corrected chi connectivity index (χ4v) is 1.60. The lowest BCUT2D eigenvalue weighted by molar-refractivity contribution is 1.07. The van der Waals surface area contributed by atoms with Crippen molar-refractivity contribution in [3.05, 3.63) is 60.2 Å². The molecule has 0 radical (unpaired) electrons. The van der Waals surface area contributed by atoms with Gasteiger partial charge in [0.1, 0.15) is 0 Å². The summed E-state index contributed by atoms with van der Waals surface area (Å²) in [5.41, 5.74) is 9.34. The van der Waals surface area contributed by atoms with Crippen LogP contribution >= 0.6 is 24.8 Å². The molecule has 2 N–H and O–H groups in total. The van der Waals surface area contributed by atoms with Gasteiger partial charge >= 0.3 is 0 Å². The van der Waals surface area contributed by atoms with E-state index in [-0.39, 0.29) is 24.8 Å². The van der Waals surface area contributed by atoms with Gasteiger partial charge < -0.3 is 5.73 Å². The Balaban J connectivity index is 0.00000112. The van der Waals surface area contributed by atoms with Crippen LogP contribution in [0.5, 0.6) is 0 Å². The molecule has 0 aliphatic carbocycles.